The summed E-state index contributed by atoms with van der Waals surface area (Å²) in [6, 6.07) is 14.3. The summed E-state index contributed by atoms with van der Waals surface area (Å²) in [6.07, 6.45) is 0. The van der Waals surface area contributed by atoms with Crippen LogP contribution in [0.2, 0.25) is 0 Å². The summed E-state index contributed by atoms with van der Waals surface area (Å²) >= 11 is 0. The molecule has 2 aromatic rings. The molecule has 2 amide bonds. The van der Waals surface area contributed by atoms with E-state index in [2.05, 4.69) is 5.32 Å². The van der Waals surface area contributed by atoms with Gasteiger partial charge in [0.1, 0.15) is 5.84 Å². The molecule has 21 heavy (non-hydrogen) atoms. The molecule has 4 N–H and O–H groups in total. The number of amidine groups is 1. The van der Waals surface area contributed by atoms with Crippen LogP contribution in [0.25, 0.3) is 0 Å². The Balaban J connectivity index is 2.15. The molecule has 0 heterocycles. The zero-order valence-electron chi connectivity index (χ0n) is 12.1. The number of urea groups is 1. The minimum absolute atomic E-state index is 0.0238. The summed E-state index contributed by atoms with van der Waals surface area (Å²) in [5, 5.41) is 10.3. The van der Waals surface area contributed by atoms with Gasteiger partial charge < -0.3 is 11.1 Å². The van der Waals surface area contributed by atoms with E-state index < -0.39 is 0 Å². The fraction of sp³-hybridized carbons (Fsp3) is 0.125. The monoisotopic (exact) mass is 282 g/mol. The molecule has 0 unspecified atom stereocenters. The Hall–Kier alpha value is -2.82. The maximum Gasteiger partial charge on any atom is 0.326 e. The average Bonchev–Trinajstić information content (AvgIpc) is 2.46. The summed E-state index contributed by atoms with van der Waals surface area (Å²) < 4.78 is 0. The van der Waals surface area contributed by atoms with Crippen LogP contribution in [0.15, 0.2) is 48.5 Å². The predicted molar refractivity (Wildman–Crippen MR) is 86.1 cm³/mol. The van der Waals surface area contributed by atoms with E-state index >= 15 is 0 Å². The number of nitrogen functional groups attached to an aromatic ring is 1. The van der Waals surface area contributed by atoms with Crippen molar-refractivity contribution in [2.45, 2.75) is 6.92 Å². The van der Waals surface area contributed by atoms with Crippen LogP contribution in [0, 0.1) is 12.3 Å². The fourth-order valence-corrected chi connectivity index (χ4v) is 1.93. The van der Waals surface area contributed by atoms with Crippen molar-refractivity contribution in [1.29, 1.82) is 5.41 Å². The van der Waals surface area contributed by atoms with Gasteiger partial charge in [-0.15, -0.1) is 0 Å². The van der Waals surface area contributed by atoms with Crippen LogP contribution in [0.3, 0.4) is 0 Å². The maximum absolute atomic E-state index is 12.2. The molecule has 0 aliphatic rings. The topological polar surface area (TPSA) is 82.2 Å². The highest BCUT2D eigenvalue weighted by Crippen LogP contribution is 2.17. The highest BCUT2D eigenvalue weighted by atomic mass is 16.2. The van der Waals surface area contributed by atoms with Crippen LogP contribution in [0.5, 0.6) is 0 Å². The highest BCUT2D eigenvalue weighted by Gasteiger charge is 2.12. The zero-order valence-corrected chi connectivity index (χ0v) is 12.1. The van der Waals surface area contributed by atoms with E-state index in [-0.39, 0.29) is 11.9 Å². The van der Waals surface area contributed by atoms with Crippen molar-refractivity contribution in [3.8, 4) is 0 Å². The third-order valence-electron chi connectivity index (χ3n) is 3.12. The Morgan fingerprint density at radius 1 is 1.19 bits per heavy atom. The Bertz CT molecular complexity index is 681. The average molecular weight is 282 g/mol. The molecule has 0 saturated heterocycles. The third-order valence-corrected chi connectivity index (χ3v) is 3.12. The predicted octanol–water partition coefficient (Wildman–Crippen LogP) is 2.95. The summed E-state index contributed by atoms with van der Waals surface area (Å²) in [7, 11) is 1.67. The SMILES string of the molecule is Cc1cccc(NC(=O)N(C)c2cccc(C(=N)N)c2)c1. The van der Waals surface area contributed by atoms with E-state index in [0.29, 0.717) is 11.3 Å². The lowest BCUT2D eigenvalue weighted by atomic mass is 10.2. The van der Waals surface area contributed by atoms with Crippen molar-refractivity contribution >= 4 is 23.2 Å². The molecule has 5 heteroatoms. The number of nitrogens with one attached hydrogen (secondary N) is 2. The van der Waals surface area contributed by atoms with E-state index in [9.17, 15) is 4.79 Å². The number of aryl methyl sites for hydroxylation is 1. The zero-order chi connectivity index (χ0) is 15.4. The van der Waals surface area contributed by atoms with E-state index in [1.54, 1.807) is 31.3 Å². The van der Waals surface area contributed by atoms with E-state index in [1.807, 2.05) is 31.2 Å². The van der Waals surface area contributed by atoms with Crippen molar-refractivity contribution in [1.82, 2.24) is 0 Å². The van der Waals surface area contributed by atoms with Crippen molar-refractivity contribution in [3.63, 3.8) is 0 Å². The van der Waals surface area contributed by atoms with E-state index in [4.69, 9.17) is 11.1 Å². The Kier molecular flexibility index (Phi) is 4.23. The van der Waals surface area contributed by atoms with Gasteiger partial charge in [0, 0.05) is 24.0 Å². The fourth-order valence-electron chi connectivity index (χ4n) is 1.93. The van der Waals surface area contributed by atoms with Gasteiger partial charge in [-0.25, -0.2) is 4.79 Å². The number of hydrogen-bond acceptors (Lipinski definition) is 2. The smallest absolute Gasteiger partial charge is 0.326 e. The molecule has 5 nitrogen and oxygen atoms in total. The second kappa shape index (κ2) is 6.09. The molecule has 108 valence electrons. The molecule has 0 aliphatic heterocycles. The van der Waals surface area contributed by atoms with Gasteiger partial charge in [-0.3, -0.25) is 10.3 Å². The van der Waals surface area contributed by atoms with Gasteiger partial charge in [0.25, 0.3) is 0 Å². The molecule has 0 saturated carbocycles. The normalized spacial score (nSPS) is 10.0. The summed E-state index contributed by atoms with van der Waals surface area (Å²) in [4.78, 5) is 13.7. The van der Waals surface area contributed by atoms with Crippen molar-refractivity contribution in [3.05, 3.63) is 59.7 Å². The lowest BCUT2D eigenvalue weighted by Gasteiger charge is -2.19. The molecule has 0 atom stereocenters. The quantitative estimate of drug-likeness (QED) is 0.597. The third kappa shape index (κ3) is 3.60. The van der Waals surface area contributed by atoms with Gasteiger partial charge in [-0.05, 0) is 36.8 Å². The van der Waals surface area contributed by atoms with Crippen LogP contribution in [-0.2, 0) is 0 Å². The molecule has 0 fully saturated rings. The number of nitrogens with zero attached hydrogens (tertiary/aromatic N) is 1. The minimum atomic E-state index is -0.249. The second-order valence-corrected chi connectivity index (χ2v) is 4.82. The number of rotatable bonds is 3. The highest BCUT2D eigenvalue weighted by molar-refractivity contribution is 6.02. The van der Waals surface area contributed by atoms with Gasteiger partial charge in [0.05, 0.1) is 0 Å². The Labute approximate surface area is 123 Å². The first-order valence-electron chi connectivity index (χ1n) is 6.53. The lowest BCUT2D eigenvalue weighted by Crippen LogP contribution is -2.31. The van der Waals surface area contributed by atoms with Crippen LogP contribution >= 0.6 is 0 Å². The Morgan fingerprint density at radius 2 is 1.90 bits per heavy atom. The van der Waals surface area contributed by atoms with E-state index in [1.165, 1.54) is 4.90 Å². The molecule has 0 radical (unpaired) electrons. The first kappa shape index (κ1) is 14.6. The molecular weight excluding hydrogens is 264 g/mol. The molecule has 0 aromatic heterocycles. The van der Waals surface area contributed by atoms with Crippen LogP contribution in [0.1, 0.15) is 11.1 Å². The molecule has 2 aromatic carbocycles. The molecule has 0 bridgehead atoms. The number of carbonyl (C=O) groups excluding carboxylic acids is 1. The largest absolute Gasteiger partial charge is 0.384 e. The summed E-state index contributed by atoms with van der Waals surface area (Å²) in [5.41, 5.74) is 8.55. The molecule has 0 aliphatic carbocycles. The van der Waals surface area contributed by atoms with Crippen molar-refractivity contribution in [2.24, 2.45) is 5.73 Å². The lowest BCUT2D eigenvalue weighted by molar-refractivity contribution is 0.258. The second-order valence-electron chi connectivity index (χ2n) is 4.82. The standard InChI is InChI=1S/C16H18N4O/c1-11-5-3-7-13(9-11)19-16(21)20(2)14-8-4-6-12(10-14)15(17)18/h3-10H,1-2H3,(H3,17,18)(H,19,21). The molecule has 2 rings (SSSR count). The number of amides is 2. The number of carbonyl (C=O) groups is 1. The number of benzene rings is 2. The van der Waals surface area contributed by atoms with Crippen LogP contribution in [-0.4, -0.2) is 18.9 Å². The Morgan fingerprint density at radius 3 is 2.57 bits per heavy atom. The number of anilines is 2. The first-order chi connectivity index (χ1) is 9.97. The van der Waals surface area contributed by atoms with Crippen LogP contribution in [0.4, 0.5) is 16.2 Å². The minimum Gasteiger partial charge on any atom is -0.384 e. The summed E-state index contributed by atoms with van der Waals surface area (Å²) in [6.45, 7) is 1.97. The van der Waals surface area contributed by atoms with Gasteiger partial charge in [0.2, 0.25) is 0 Å². The van der Waals surface area contributed by atoms with E-state index in [0.717, 1.165) is 11.3 Å². The van der Waals surface area contributed by atoms with Crippen molar-refractivity contribution in [2.75, 3.05) is 17.3 Å². The van der Waals surface area contributed by atoms with Gasteiger partial charge in [-0.2, -0.15) is 0 Å². The van der Waals surface area contributed by atoms with Crippen molar-refractivity contribution < 1.29 is 4.79 Å². The number of hydrogen-bond donors (Lipinski definition) is 3. The van der Waals surface area contributed by atoms with Gasteiger partial charge in [-0.1, -0.05) is 24.3 Å². The van der Waals surface area contributed by atoms with Crippen LogP contribution < -0.4 is 16.0 Å². The number of nitrogens with two attached hydrogens (primary N) is 1. The maximum atomic E-state index is 12.2. The van der Waals surface area contributed by atoms with Gasteiger partial charge >= 0.3 is 6.03 Å². The first-order valence-corrected chi connectivity index (χ1v) is 6.53. The molecular formula is C16H18N4O. The molecule has 0 spiro atoms. The summed E-state index contributed by atoms with van der Waals surface area (Å²) in [5.74, 6) is -0.0238. The van der Waals surface area contributed by atoms with Gasteiger partial charge in [0.15, 0.2) is 0 Å².